The molecule has 1 amide bonds. The minimum atomic E-state index is -3.49. The van der Waals surface area contributed by atoms with Crippen LogP contribution in [-0.2, 0) is 9.84 Å². The number of benzene rings is 1. The van der Waals surface area contributed by atoms with Crippen molar-refractivity contribution >= 4 is 21.6 Å². The molecule has 0 aliphatic carbocycles. The van der Waals surface area contributed by atoms with E-state index in [1.807, 2.05) is 0 Å². The van der Waals surface area contributed by atoms with Gasteiger partial charge in [-0.05, 0) is 24.3 Å². The molecule has 164 valence electrons. The van der Waals surface area contributed by atoms with Crippen molar-refractivity contribution in [2.24, 2.45) is 0 Å². The highest BCUT2D eigenvalue weighted by Crippen LogP contribution is 2.30. The SMILES string of the molecule is CC(F)(CF)Oc1cc(Oc2ccc(S(C)(=O)=O)nc2)cc(C(=O)Nc2cc[nH]n2)c1. The summed E-state index contributed by atoms with van der Waals surface area (Å²) in [5.41, 5.74) is 0.0193. The van der Waals surface area contributed by atoms with Crippen LogP contribution in [0.2, 0.25) is 0 Å². The van der Waals surface area contributed by atoms with Crippen LogP contribution in [0.3, 0.4) is 0 Å². The fourth-order valence-corrected chi connectivity index (χ4v) is 2.95. The summed E-state index contributed by atoms with van der Waals surface area (Å²) in [5.74, 6) is -2.93. The summed E-state index contributed by atoms with van der Waals surface area (Å²) in [4.78, 5) is 16.3. The molecule has 2 heterocycles. The van der Waals surface area contributed by atoms with Gasteiger partial charge < -0.3 is 14.8 Å². The molecule has 0 spiro atoms. The molecule has 0 saturated heterocycles. The van der Waals surface area contributed by atoms with Crippen molar-refractivity contribution in [3.63, 3.8) is 0 Å². The summed E-state index contributed by atoms with van der Waals surface area (Å²) < 4.78 is 60.6. The van der Waals surface area contributed by atoms with Crippen LogP contribution in [0, 0.1) is 0 Å². The summed E-state index contributed by atoms with van der Waals surface area (Å²) in [6.45, 7) is -0.512. The molecular weight excluding hydrogens is 434 g/mol. The van der Waals surface area contributed by atoms with E-state index in [-0.39, 0.29) is 33.7 Å². The number of ether oxygens (including phenoxy) is 2. The van der Waals surface area contributed by atoms with Gasteiger partial charge in [0, 0.05) is 37.1 Å². The first-order valence-corrected chi connectivity index (χ1v) is 10.7. The van der Waals surface area contributed by atoms with Crippen LogP contribution in [0.1, 0.15) is 17.3 Å². The molecule has 1 atom stereocenters. The summed E-state index contributed by atoms with van der Waals surface area (Å²) >= 11 is 0. The number of alkyl halides is 2. The van der Waals surface area contributed by atoms with Crippen LogP contribution in [0.15, 0.2) is 53.8 Å². The van der Waals surface area contributed by atoms with E-state index in [0.29, 0.717) is 0 Å². The van der Waals surface area contributed by atoms with Gasteiger partial charge in [-0.1, -0.05) is 0 Å². The Labute approximate surface area is 176 Å². The van der Waals surface area contributed by atoms with Crippen LogP contribution in [0.4, 0.5) is 14.6 Å². The van der Waals surface area contributed by atoms with Gasteiger partial charge in [0.1, 0.15) is 17.2 Å². The lowest BCUT2D eigenvalue weighted by Crippen LogP contribution is -2.29. The molecule has 31 heavy (non-hydrogen) atoms. The van der Waals surface area contributed by atoms with E-state index < -0.39 is 28.3 Å². The van der Waals surface area contributed by atoms with Gasteiger partial charge in [0.2, 0.25) is 0 Å². The number of amides is 1. The van der Waals surface area contributed by atoms with Gasteiger partial charge in [-0.3, -0.25) is 9.89 Å². The van der Waals surface area contributed by atoms with Crippen LogP contribution in [0.5, 0.6) is 17.2 Å². The van der Waals surface area contributed by atoms with Crippen LogP contribution in [0.25, 0.3) is 0 Å². The topological polar surface area (TPSA) is 123 Å². The van der Waals surface area contributed by atoms with Crippen molar-refractivity contribution in [3.05, 3.63) is 54.4 Å². The summed E-state index contributed by atoms with van der Waals surface area (Å²) in [6.07, 6.45) is 3.70. The van der Waals surface area contributed by atoms with Gasteiger partial charge >= 0.3 is 0 Å². The number of sulfone groups is 1. The third-order valence-electron chi connectivity index (χ3n) is 3.78. The predicted octanol–water partition coefficient (Wildman–Crippen LogP) is 3.29. The van der Waals surface area contributed by atoms with Crippen LogP contribution < -0.4 is 14.8 Å². The summed E-state index contributed by atoms with van der Waals surface area (Å²) in [7, 11) is -3.49. The van der Waals surface area contributed by atoms with Gasteiger partial charge in [0.15, 0.2) is 27.4 Å². The molecule has 3 rings (SSSR count). The first kappa shape index (κ1) is 22.2. The molecule has 0 aliphatic rings. The zero-order chi connectivity index (χ0) is 22.6. The quantitative estimate of drug-likeness (QED) is 0.538. The molecule has 0 radical (unpaired) electrons. The highest BCUT2D eigenvalue weighted by atomic mass is 32.2. The highest BCUT2D eigenvalue weighted by Gasteiger charge is 2.26. The van der Waals surface area contributed by atoms with Gasteiger partial charge in [-0.25, -0.2) is 17.8 Å². The predicted molar refractivity (Wildman–Crippen MR) is 107 cm³/mol. The first-order chi connectivity index (χ1) is 14.6. The maximum absolute atomic E-state index is 14.0. The highest BCUT2D eigenvalue weighted by molar-refractivity contribution is 7.90. The van der Waals surface area contributed by atoms with E-state index >= 15 is 0 Å². The molecular formula is C19H18F2N4O5S. The Balaban J connectivity index is 1.91. The summed E-state index contributed by atoms with van der Waals surface area (Å²) in [5, 5.41) is 8.72. The third-order valence-corrected chi connectivity index (χ3v) is 4.78. The lowest BCUT2D eigenvalue weighted by molar-refractivity contribution is -0.0623. The molecule has 1 aromatic carbocycles. The van der Waals surface area contributed by atoms with Gasteiger partial charge in [-0.15, -0.1) is 0 Å². The van der Waals surface area contributed by atoms with Crippen molar-refractivity contribution in [2.75, 3.05) is 18.2 Å². The average Bonchev–Trinajstić information content (AvgIpc) is 3.20. The lowest BCUT2D eigenvalue weighted by Gasteiger charge is -2.20. The number of pyridine rings is 1. The van der Waals surface area contributed by atoms with E-state index in [1.165, 1.54) is 48.8 Å². The molecule has 0 bridgehead atoms. The van der Waals surface area contributed by atoms with Crippen LogP contribution >= 0.6 is 0 Å². The maximum Gasteiger partial charge on any atom is 0.273 e. The molecule has 12 heteroatoms. The number of nitrogens with one attached hydrogen (secondary N) is 2. The number of hydrogen-bond donors (Lipinski definition) is 2. The fourth-order valence-electron chi connectivity index (χ4n) is 2.39. The smallest absolute Gasteiger partial charge is 0.273 e. The van der Waals surface area contributed by atoms with E-state index in [9.17, 15) is 22.0 Å². The van der Waals surface area contributed by atoms with Crippen molar-refractivity contribution < 1.29 is 31.5 Å². The molecule has 9 nitrogen and oxygen atoms in total. The van der Waals surface area contributed by atoms with E-state index in [2.05, 4.69) is 20.5 Å². The van der Waals surface area contributed by atoms with E-state index in [1.54, 1.807) is 0 Å². The molecule has 3 aromatic rings. The number of hydrogen-bond acceptors (Lipinski definition) is 7. The number of aromatic nitrogens is 3. The lowest BCUT2D eigenvalue weighted by atomic mass is 10.2. The summed E-state index contributed by atoms with van der Waals surface area (Å²) in [6, 6.07) is 7.94. The molecule has 0 aliphatic heterocycles. The number of rotatable bonds is 8. The van der Waals surface area contributed by atoms with Gasteiger partial charge in [0.25, 0.3) is 11.8 Å². The third kappa shape index (κ3) is 5.98. The van der Waals surface area contributed by atoms with Crippen molar-refractivity contribution in [3.8, 4) is 17.2 Å². The first-order valence-electron chi connectivity index (χ1n) is 8.80. The van der Waals surface area contributed by atoms with Crippen molar-refractivity contribution in [1.82, 2.24) is 15.2 Å². The minimum absolute atomic E-state index is 0.0193. The Bertz CT molecular complexity index is 1170. The van der Waals surface area contributed by atoms with Crippen molar-refractivity contribution in [2.45, 2.75) is 17.8 Å². The standard InChI is InChI=1S/C19H18F2N4O5S/c1-19(21,11-20)30-15-8-12(18(26)24-16-5-6-23-25-16)7-14(9-15)29-13-3-4-17(22-10-13)31(2,27)28/h3-10H,11H2,1-2H3,(H2,23,24,25,26). The Kier molecular flexibility index (Phi) is 6.20. The number of aromatic amines is 1. The number of carbonyl (C=O) groups is 1. The molecule has 2 aromatic heterocycles. The maximum atomic E-state index is 14.0. The molecule has 0 fully saturated rings. The largest absolute Gasteiger partial charge is 0.456 e. The zero-order valence-electron chi connectivity index (χ0n) is 16.4. The average molecular weight is 452 g/mol. The Morgan fingerprint density at radius 3 is 2.52 bits per heavy atom. The monoisotopic (exact) mass is 452 g/mol. The number of carbonyl (C=O) groups excluding carboxylic acids is 1. The Morgan fingerprint density at radius 2 is 1.94 bits per heavy atom. The fraction of sp³-hybridized carbons (Fsp3) is 0.211. The molecule has 0 saturated carbocycles. The number of nitrogens with zero attached hydrogens (tertiary/aromatic N) is 2. The van der Waals surface area contributed by atoms with E-state index in [0.717, 1.165) is 13.2 Å². The van der Waals surface area contributed by atoms with E-state index in [4.69, 9.17) is 9.47 Å². The molecule has 1 unspecified atom stereocenters. The Morgan fingerprint density at radius 1 is 1.19 bits per heavy atom. The van der Waals surface area contributed by atoms with Crippen LogP contribution in [-0.4, -0.2) is 48.3 Å². The second kappa shape index (κ2) is 8.68. The number of H-pyrrole nitrogens is 1. The number of halogens is 2. The zero-order valence-corrected chi connectivity index (χ0v) is 17.2. The Hall–Kier alpha value is -3.54. The van der Waals surface area contributed by atoms with Crippen molar-refractivity contribution in [1.29, 1.82) is 0 Å². The minimum Gasteiger partial charge on any atom is -0.456 e. The number of anilines is 1. The van der Waals surface area contributed by atoms with Gasteiger partial charge in [-0.2, -0.15) is 9.49 Å². The van der Waals surface area contributed by atoms with Gasteiger partial charge in [0.05, 0.1) is 6.20 Å². The molecule has 2 N–H and O–H groups in total. The normalized spacial score (nSPS) is 13.3. The second-order valence-corrected chi connectivity index (χ2v) is 8.61. The second-order valence-electron chi connectivity index (χ2n) is 6.65.